The number of Topliss-reactive ketones (excluding diaryl/α,β-unsaturated/α-hetero) is 1. The van der Waals surface area contributed by atoms with Crippen molar-refractivity contribution in [1.82, 2.24) is 4.90 Å². The van der Waals surface area contributed by atoms with E-state index in [1.165, 1.54) is 39.5 Å². The predicted octanol–water partition coefficient (Wildman–Crippen LogP) is 1.75. The quantitative estimate of drug-likeness (QED) is 0.516. The van der Waals surface area contributed by atoms with Gasteiger partial charge in [-0.25, -0.2) is 4.79 Å². The second-order valence-electron chi connectivity index (χ2n) is 8.13. The first-order chi connectivity index (χ1) is 17.2. The van der Waals surface area contributed by atoms with Gasteiger partial charge in [0.05, 0.1) is 33.0 Å². The summed E-state index contributed by atoms with van der Waals surface area (Å²) in [5.41, 5.74) is 0.907. The van der Waals surface area contributed by atoms with Crippen molar-refractivity contribution in [2.75, 3.05) is 34.5 Å². The zero-order chi connectivity index (χ0) is 26.0. The summed E-state index contributed by atoms with van der Waals surface area (Å²) >= 11 is 0. The minimum absolute atomic E-state index is 0.0308. The number of rotatable bonds is 8. The van der Waals surface area contributed by atoms with E-state index in [2.05, 4.69) is 0 Å². The smallest absolute Gasteiger partial charge is 0.326 e. The highest BCUT2D eigenvalue weighted by molar-refractivity contribution is 6.14. The molecule has 36 heavy (non-hydrogen) atoms. The van der Waals surface area contributed by atoms with Crippen molar-refractivity contribution in [2.24, 2.45) is 0 Å². The van der Waals surface area contributed by atoms with Crippen LogP contribution in [0.4, 0.5) is 0 Å². The number of carbonyl (C=O) groups is 3. The number of hydrogen-bond acceptors (Lipinski definition) is 9. The number of carboxylic acid groups (broad SMARTS) is 1. The van der Waals surface area contributed by atoms with Crippen molar-refractivity contribution in [1.29, 1.82) is 0 Å². The Morgan fingerprint density at radius 3 is 2.42 bits per heavy atom. The lowest BCUT2D eigenvalue weighted by atomic mass is 10.1. The lowest BCUT2D eigenvalue weighted by Crippen LogP contribution is -2.42. The molecule has 0 aromatic heterocycles. The Bertz CT molecular complexity index is 1210. The fourth-order valence-corrected chi connectivity index (χ4v) is 4.14. The molecule has 1 unspecified atom stereocenters. The number of allylic oxidation sites excluding steroid dienone is 1. The molecular weight excluding hydrogens is 474 g/mol. The number of hydrogen-bond donors (Lipinski definition) is 2. The second-order valence-corrected chi connectivity index (χ2v) is 8.13. The molecule has 2 atom stereocenters. The van der Waals surface area contributed by atoms with Crippen LogP contribution < -0.4 is 23.7 Å². The number of nitrogens with zero attached hydrogens (tertiary/aromatic N) is 1. The summed E-state index contributed by atoms with van der Waals surface area (Å²) in [5, 5.41) is 19.0. The average Bonchev–Trinajstić information content (AvgIpc) is 3.41. The largest absolute Gasteiger partial charge is 0.493 e. The fraction of sp³-hybridized carbons (Fsp3) is 0.320. The Morgan fingerprint density at radius 2 is 1.81 bits per heavy atom. The van der Waals surface area contributed by atoms with Crippen molar-refractivity contribution < 1.29 is 48.3 Å². The summed E-state index contributed by atoms with van der Waals surface area (Å²) < 4.78 is 27.3. The Morgan fingerprint density at radius 1 is 1.11 bits per heavy atom. The fourth-order valence-electron chi connectivity index (χ4n) is 4.14. The number of aliphatic hydroxyl groups excluding tert-OH is 1. The van der Waals surface area contributed by atoms with Gasteiger partial charge in [0, 0.05) is 19.0 Å². The molecule has 0 radical (unpaired) electrons. The van der Waals surface area contributed by atoms with E-state index >= 15 is 0 Å². The Labute approximate surface area is 206 Å². The first kappa shape index (κ1) is 24.9. The molecule has 1 saturated heterocycles. The van der Waals surface area contributed by atoms with Gasteiger partial charge in [-0.2, -0.15) is 0 Å². The van der Waals surface area contributed by atoms with Crippen LogP contribution in [0.2, 0.25) is 0 Å². The van der Waals surface area contributed by atoms with Crippen LogP contribution in [0, 0.1) is 0 Å². The Hall–Kier alpha value is -4.25. The third-order valence-electron chi connectivity index (χ3n) is 5.87. The molecule has 2 aliphatic heterocycles. The number of likely N-dealkylation sites (tertiary alicyclic amines) is 1. The van der Waals surface area contributed by atoms with Gasteiger partial charge in [0.25, 0.3) is 5.91 Å². The van der Waals surface area contributed by atoms with Crippen molar-refractivity contribution >= 4 is 23.7 Å². The molecule has 2 aromatic carbocycles. The van der Waals surface area contributed by atoms with Crippen molar-refractivity contribution in [3.8, 4) is 28.7 Å². The highest BCUT2D eigenvalue weighted by Crippen LogP contribution is 2.40. The molecule has 190 valence electrons. The van der Waals surface area contributed by atoms with E-state index in [9.17, 15) is 24.6 Å². The maximum atomic E-state index is 12.9. The van der Waals surface area contributed by atoms with Gasteiger partial charge in [-0.05, 0) is 35.9 Å². The highest BCUT2D eigenvalue weighted by Gasteiger charge is 2.39. The normalized spacial score (nSPS) is 19.6. The number of fused-ring (bicyclic) bond motifs is 1. The minimum Gasteiger partial charge on any atom is -0.493 e. The molecule has 2 aromatic rings. The molecule has 11 heteroatoms. The van der Waals surface area contributed by atoms with Gasteiger partial charge in [-0.15, -0.1) is 0 Å². The van der Waals surface area contributed by atoms with Gasteiger partial charge in [-0.3, -0.25) is 9.59 Å². The van der Waals surface area contributed by atoms with Crippen LogP contribution >= 0.6 is 0 Å². The number of ketones is 1. The molecule has 2 N–H and O–H groups in total. The third kappa shape index (κ3) is 4.78. The molecule has 2 heterocycles. The van der Waals surface area contributed by atoms with Crippen LogP contribution in [0.3, 0.4) is 0 Å². The summed E-state index contributed by atoms with van der Waals surface area (Å²) in [7, 11) is 4.47. The first-order valence-corrected chi connectivity index (χ1v) is 11.0. The zero-order valence-corrected chi connectivity index (χ0v) is 19.8. The molecule has 1 fully saturated rings. The standard InChI is InChI=1S/C25H25NO10/c1-32-20-7-13(8-21(33-2)24(20)34-3)6-19-23(29)16-5-4-15(10-18(16)36-19)35-12-22(28)26-11-14(27)9-17(26)25(30)31/h4-8,10,14,17,27H,9,11-12H2,1-3H3,(H,30,31)/t14?,17-/m0/s1. The molecule has 0 saturated carbocycles. The number of aliphatic carboxylic acids is 1. The Kier molecular flexibility index (Phi) is 7.02. The molecule has 1 amide bonds. The minimum atomic E-state index is -1.18. The van der Waals surface area contributed by atoms with Crippen LogP contribution in [-0.4, -0.2) is 79.4 Å². The number of benzene rings is 2. The number of amides is 1. The number of carbonyl (C=O) groups excluding carboxylic acids is 2. The van der Waals surface area contributed by atoms with Gasteiger partial charge in [0.1, 0.15) is 17.5 Å². The van der Waals surface area contributed by atoms with Crippen molar-refractivity contribution in [3.05, 3.63) is 47.2 Å². The van der Waals surface area contributed by atoms with Gasteiger partial charge >= 0.3 is 5.97 Å². The topological polar surface area (TPSA) is 141 Å². The van der Waals surface area contributed by atoms with Gasteiger partial charge in [0.2, 0.25) is 11.5 Å². The van der Waals surface area contributed by atoms with E-state index in [-0.39, 0.29) is 36.0 Å². The number of methoxy groups -OCH3 is 3. The zero-order valence-electron chi connectivity index (χ0n) is 19.8. The number of β-amino-alcohol motifs (C(OH)–C–C–N with tert-alkyl or cyclic N) is 1. The lowest BCUT2D eigenvalue weighted by molar-refractivity contribution is -0.148. The monoisotopic (exact) mass is 499 g/mol. The van der Waals surface area contributed by atoms with Crippen molar-refractivity contribution in [2.45, 2.75) is 18.6 Å². The molecule has 0 bridgehead atoms. The van der Waals surface area contributed by atoms with Crippen LogP contribution in [0.1, 0.15) is 22.3 Å². The summed E-state index contributed by atoms with van der Waals surface area (Å²) in [6.45, 7) is -0.507. The van der Waals surface area contributed by atoms with Gasteiger partial charge in [0.15, 0.2) is 23.9 Å². The van der Waals surface area contributed by atoms with E-state index in [1.54, 1.807) is 18.2 Å². The maximum absolute atomic E-state index is 12.9. The molecular formula is C25H25NO10. The molecule has 2 aliphatic rings. The van der Waals surface area contributed by atoms with E-state index in [4.69, 9.17) is 23.7 Å². The van der Waals surface area contributed by atoms with Crippen LogP contribution in [0.25, 0.3) is 6.08 Å². The van der Waals surface area contributed by atoms with Gasteiger partial charge in [-0.1, -0.05) is 0 Å². The maximum Gasteiger partial charge on any atom is 0.326 e. The lowest BCUT2D eigenvalue weighted by Gasteiger charge is -2.21. The van der Waals surface area contributed by atoms with E-state index in [0.717, 1.165) is 4.90 Å². The number of ether oxygens (including phenoxy) is 5. The number of carboxylic acids is 1. The molecule has 0 aliphatic carbocycles. The summed E-state index contributed by atoms with van der Waals surface area (Å²) in [6, 6.07) is 6.77. The van der Waals surface area contributed by atoms with E-state index in [0.29, 0.717) is 28.4 Å². The molecule has 4 rings (SSSR count). The third-order valence-corrected chi connectivity index (χ3v) is 5.87. The van der Waals surface area contributed by atoms with Crippen molar-refractivity contribution in [3.63, 3.8) is 0 Å². The summed E-state index contributed by atoms with van der Waals surface area (Å²) in [4.78, 5) is 37.7. The Balaban J connectivity index is 1.49. The van der Waals surface area contributed by atoms with Crippen LogP contribution in [0.15, 0.2) is 36.1 Å². The van der Waals surface area contributed by atoms with Crippen LogP contribution in [0.5, 0.6) is 28.7 Å². The first-order valence-electron chi connectivity index (χ1n) is 11.0. The second kappa shape index (κ2) is 10.2. The number of aliphatic hydroxyl groups is 1. The average molecular weight is 499 g/mol. The summed E-state index contributed by atoms with van der Waals surface area (Å²) in [5.74, 6) is -0.252. The van der Waals surface area contributed by atoms with Crippen LogP contribution in [-0.2, 0) is 9.59 Å². The predicted molar refractivity (Wildman–Crippen MR) is 125 cm³/mol. The summed E-state index contributed by atoms with van der Waals surface area (Å²) in [6.07, 6.45) is 0.615. The van der Waals surface area contributed by atoms with E-state index < -0.39 is 30.6 Å². The SMILES string of the molecule is COc1cc(C=C2Oc3cc(OCC(=O)N4CC(O)C[C@H]4C(=O)O)ccc3C2=O)cc(OC)c1OC. The molecule has 11 nitrogen and oxygen atoms in total. The van der Waals surface area contributed by atoms with Gasteiger partial charge < -0.3 is 38.8 Å². The molecule has 0 spiro atoms. The highest BCUT2D eigenvalue weighted by atomic mass is 16.5. The van der Waals surface area contributed by atoms with E-state index in [1.807, 2.05) is 0 Å².